The van der Waals surface area contributed by atoms with Crippen LogP contribution in [-0.4, -0.2) is 89.0 Å². The SMILES string of the molecule is C#CCN(Cc1cc2c(=O)[nH]c(C)nc2cc1C)c1ccccc1C(=O)N[C@@H](CCC(=O)C(CC(=O)O)[C@](C(=O)O)(N(C(C)(C)C)C(C)(C)C)C(C)(C)C)C(=O)O. The molecular formula is C43H57N5O9. The van der Waals surface area contributed by atoms with Crippen molar-refractivity contribution < 1.29 is 39.3 Å². The number of Topliss-reactive ketones (excluding diaryl/α,β-unsaturated/α-hetero) is 1. The largest absolute Gasteiger partial charge is 0.481 e. The molecule has 0 aliphatic heterocycles. The second kappa shape index (κ2) is 17.3. The first-order valence-electron chi connectivity index (χ1n) is 18.8. The van der Waals surface area contributed by atoms with Crippen LogP contribution in [0.3, 0.4) is 0 Å². The van der Waals surface area contributed by atoms with Crippen molar-refractivity contribution in [3.05, 3.63) is 69.3 Å². The Balaban J connectivity index is 2.01. The maximum absolute atomic E-state index is 14.3. The van der Waals surface area contributed by atoms with E-state index in [1.54, 1.807) is 109 Å². The summed E-state index contributed by atoms with van der Waals surface area (Å²) in [5, 5.41) is 34.4. The lowest BCUT2D eigenvalue weighted by molar-refractivity contribution is -0.194. The summed E-state index contributed by atoms with van der Waals surface area (Å²) in [7, 11) is 0. The van der Waals surface area contributed by atoms with E-state index in [1.807, 2.05) is 6.92 Å². The highest BCUT2D eigenvalue weighted by Crippen LogP contribution is 2.50. The molecule has 3 aromatic rings. The number of aromatic amines is 1. The van der Waals surface area contributed by atoms with E-state index in [2.05, 4.69) is 21.2 Å². The summed E-state index contributed by atoms with van der Waals surface area (Å²) in [6.45, 7) is 19.5. The Labute approximate surface area is 334 Å². The van der Waals surface area contributed by atoms with Gasteiger partial charge in [0, 0.05) is 24.0 Å². The number of aromatic nitrogens is 2. The minimum Gasteiger partial charge on any atom is -0.481 e. The van der Waals surface area contributed by atoms with Crippen molar-refractivity contribution in [2.75, 3.05) is 11.4 Å². The normalized spacial score (nSPS) is 14.3. The number of aryl methyl sites for hydroxylation is 2. The van der Waals surface area contributed by atoms with E-state index >= 15 is 0 Å². The molecule has 3 atom stereocenters. The molecule has 0 bridgehead atoms. The maximum atomic E-state index is 14.3. The quantitative estimate of drug-likeness (QED) is 0.113. The van der Waals surface area contributed by atoms with E-state index in [0.29, 0.717) is 22.4 Å². The Bertz CT molecular complexity index is 2120. The summed E-state index contributed by atoms with van der Waals surface area (Å²) >= 11 is 0. The highest BCUT2D eigenvalue weighted by Gasteiger charge is 2.64. The van der Waals surface area contributed by atoms with Crippen molar-refractivity contribution in [3.63, 3.8) is 0 Å². The van der Waals surface area contributed by atoms with Gasteiger partial charge in [0.1, 0.15) is 23.2 Å². The molecule has 0 aliphatic carbocycles. The standard InChI is InChI=1S/C43H57N5O9/c1-13-20-47(24-27-22-29-32(21-25(27)2)44-26(3)45-37(29)53)33-17-15-14-16-28(33)36(52)46-31(38(54)55)18-19-34(49)30(23-35(50)51)43(39(56)57,40(4,5)6)48(41(7,8)9)42(10,11)12/h1,14-17,21-22,30-31H,18-20,23-24H2,2-12H3,(H,46,52)(H,50,51)(H,54,55)(H,56,57)(H,44,45,53)/t30?,31-,43+/m0/s1. The van der Waals surface area contributed by atoms with Crippen LogP contribution < -0.4 is 15.8 Å². The average molecular weight is 788 g/mol. The first kappa shape index (κ1) is 45.8. The number of carbonyl (C=O) groups is 5. The summed E-state index contributed by atoms with van der Waals surface area (Å²) in [6, 6.07) is 8.36. The third-order valence-electron chi connectivity index (χ3n) is 10.1. The van der Waals surface area contributed by atoms with Crippen LogP contribution in [0, 0.1) is 37.5 Å². The second-order valence-electron chi connectivity index (χ2n) is 17.5. The van der Waals surface area contributed by atoms with Gasteiger partial charge in [0.25, 0.3) is 11.5 Å². The van der Waals surface area contributed by atoms with Crippen LogP contribution in [0.4, 0.5) is 5.69 Å². The van der Waals surface area contributed by atoms with Crippen molar-refractivity contribution in [2.24, 2.45) is 11.3 Å². The number of carboxylic acids is 3. The predicted molar refractivity (Wildman–Crippen MR) is 218 cm³/mol. The topological polar surface area (TPSA) is 210 Å². The lowest BCUT2D eigenvalue weighted by Gasteiger charge is -2.61. The van der Waals surface area contributed by atoms with Crippen molar-refractivity contribution >= 4 is 46.2 Å². The number of para-hydroxylation sites is 1. The van der Waals surface area contributed by atoms with Gasteiger partial charge in [-0.05, 0) is 103 Å². The Morgan fingerprint density at radius 3 is 2.04 bits per heavy atom. The van der Waals surface area contributed by atoms with Gasteiger partial charge in [0.2, 0.25) is 0 Å². The van der Waals surface area contributed by atoms with E-state index in [0.717, 1.165) is 11.1 Å². The fourth-order valence-corrected chi connectivity index (χ4v) is 8.37. The zero-order valence-electron chi connectivity index (χ0n) is 34.9. The molecule has 1 unspecified atom stereocenters. The van der Waals surface area contributed by atoms with Gasteiger partial charge in [-0.1, -0.05) is 38.8 Å². The van der Waals surface area contributed by atoms with Gasteiger partial charge in [-0.25, -0.2) is 9.78 Å². The molecule has 1 amide bonds. The van der Waals surface area contributed by atoms with Gasteiger partial charge in [0.05, 0.1) is 41.0 Å². The van der Waals surface area contributed by atoms with Crippen molar-refractivity contribution in [3.8, 4) is 12.3 Å². The number of anilines is 1. The van der Waals surface area contributed by atoms with Gasteiger partial charge in [-0.3, -0.25) is 28.9 Å². The lowest BCUT2D eigenvalue weighted by Crippen LogP contribution is -2.76. The zero-order valence-corrected chi connectivity index (χ0v) is 34.9. The third kappa shape index (κ3) is 10.1. The molecule has 0 saturated carbocycles. The lowest BCUT2D eigenvalue weighted by atomic mass is 9.60. The number of fused-ring (bicyclic) bond motifs is 1. The van der Waals surface area contributed by atoms with Crippen LogP contribution in [0.25, 0.3) is 10.9 Å². The molecule has 2 aromatic carbocycles. The number of aliphatic carboxylic acids is 3. The summed E-state index contributed by atoms with van der Waals surface area (Å²) in [4.78, 5) is 90.2. The third-order valence-corrected chi connectivity index (χ3v) is 10.1. The Kier molecular flexibility index (Phi) is 13.9. The Hall–Kier alpha value is -5.55. The number of carboxylic acid groups (broad SMARTS) is 3. The molecule has 1 aromatic heterocycles. The fraction of sp³-hybridized carbons (Fsp3) is 0.512. The molecule has 0 spiro atoms. The molecule has 57 heavy (non-hydrogen) atoms. The van der Waals surface area contributed by atoms with Crippen LogP contribution in [0.5, 0.6) is 0 Å². The summed E-state index contributed by atoms with van der Waals surface area (Å²) < 4.78 is 0. The number of ketones is 1. The molecule has 14 heteroatoms. The molecule has 5 N–H and O–H groups in total. The number of benzene rings is 2. The number of nitrogens with one attached hydrogen (secondary N) is 2. The number of rotatable bonds is 16. The van der Waals surface area contributed by atoms with Crippen LogP contribution in [-0.2, 0) is 25.7 Å². The highest BCUT2D eigenvalue weighted by molar-refractivity contribution is 6.02. The predicted octanol–water partition coefficient (Wildman–Crippen LogP) is 5.57. The van der Waals surface area contributed by atoms with Gasteiger partial charge < -0.3 is 30.5 Å². The van der Waals surface area contributed by atoms with E-state index in [4.69, 9.17) is 6.42 Å². The zero-order chi connectivity index (χ0) is 43.4. The number of amides is 1. The molecule has 1 heterocycles. The smallest absolute Gasteiger partial charge is 0.326 e. The van der Waals surface area contributed by atoms with Crippen LogP contribution >= 0.6 is 0 Å². The molecule has 0 radical (unpaired) electrons. The monoisotopic (exact) mass is 787 g/mol. The highest BCUT2D eigenvalue weighted by atomic mass is 16.4. The van der Waals surface area contributed by atoms with Crippen molar-refractivity contribution in [1.29, 1.82) is 0 Å². The molecule has 3 rings (SSSR count). The molecular weight excluding hydrogens is 730 g/mol. The van der Waals surface area contributed by atoms with Crippen LogP contribution in [0.2, 0.25) is 0 Å². The van der Waals surface area contributed by atoms with E-state index in [1.165, 1.54) is 6.07 Å². The number of H-pyrrole nitrogens is 1. The maximum Gasteiger partial charge on any atom is 0.326 e. The minimum absolute atomic E-state index is 0.0470. The Morgan fingerprint density at radius 1 is 0.930 bits per heavy atom. The molecule has 0 aliphatic rings. The summed E-state index contributed by atoms with van der Waals surface area (Å²) in [5.74, 6) is -4.29. The number of nitrogens with zero attached hydrogens (tertiary/aromatic N) is 3. The minimum atomic E-state index is -2.06. The van der Waals surface area contributed by atoms with E-state index in [9.17, 15) is 44.1 Å². The van der Waals surface area contributed by atoms with Gasteiger partial charge in [0.15, 0.2) is 0 Å². The molecule has 308 valence electrons. The van der Waals surface area contributed by atoms with E-state index < -0.39 is 82.9 Å². The first-order valence-corrected chi connectivity index (χ1v) is 18.8. The van der Waals surface area contributed by atoms with Crippen molar-refractivity contribution in [2.45, 2.75) is 125 Å². The summed E-state index contributed by atoms with van der Waals surface area (Å²) in [6.07, 6.45) is 3.94. The van der Waals surface area contributed by atoms with E-state index in [-0.39, 0.29) is 24.2 Å². The van der Waals surface area contributed by atoms with Gasteiger partial charge >= 0.3 is 17.9 Å². The van der Waals surface area contributed by atoms with Gasteiger partial charge in [-0.2, -0.15) is 0 Å². The number of hydrogen-bond donors (Lipinski definition) is 5. The Morgan fingerprint density at radius 2 is 1.53 bits per heavy atom. The average Bonchev–Trinajstić information content (AvgIpc) is 3.05. The number of hydrogen-bond acceptors (Lipinski definition) is 9. The number of carbonyl (C=O) groups excluding carboxylic acids is 2. The van der Waals surface area contributed by atoms with Crippen LogP contribution in [0.1, 0.15) is 109 Å². The molecule has 0 saturated heterocycles. The fourth-order valence-electron chi connectivity index (χ4n) is 8.37. The van der Waals surface area contributed by atoms with Crippen LogP contribution in [0.15, 0.2) is 41.2 Å². The number of terminal acetylenes is 1. The summed E-state index contributed by atoms with van der Waals surface area (Å²) in [5.41, 5.74) is -2.76. The first-order chi connectivity index (χ1) is 26.2. The molecule has 0 fully saturated rings. The molecule has 14 nitrogen and oxygen atoms in total. The van der Waals surface area contributed by atoms with Crippen molar-refractivity contribution in [1.82, 2.24) is 20.2 Å². The van der Waals surface area contributed by atoms with Gasteiger partial charge in [-0.15, -0.1) is 6.42 Å². The second-order valence-corrected chi connectivity index (χ2v) is 17.5.